The van der Waals surface area contributed by atoms with Crippen molar-refractivity contribution in [2.75, 3.05) is 18.5 Å². The van der Waals surface area contributed by atoms with Gasteiger partial charge >= 0.3 is 0 Å². The van der Waals surface area contributed by atoms with E-state index in [1.165, 1.54) is 12.1 Å². The lowest BCUT2D eigenvalue weighted by Crippen LogP contribution is -2.29. The van der Waals surface area contributed by atoms with Gasteiger partial charge in [0.05, 0.1) is 6.10 Å². The molecule has 1 fully saturated rings. The molecule has 2 rings (SSSR count). The van der Waals surface area contributed by atoms with Crippen LogP contribution in [-0.2, 0) is 9.53 Å². The van der Waals surface area contributed by atoms with Crippen molar-refractivity contribution in [3.05, 3.63) is 24.3 Å². The molecule has 1 aliphatic rings. The van der Waals surface area contributed by atoms with E-state index >= 15 is 0 Å². The maximum absolute atomic E-state index is 12.0. The molecule has 0 spiro atoms. The highest BCUT2D eigenvalue weighted by Gasteiger charge is 2.29. The number of hydrogen-bond donors (Lipinski definition) is 2. The third-order valence-corrected chi connectivity index (χ3v) is 3.16. The number of halogens is 3. The third kappa shape index (κ3) is 5.40. The van der Waals surface area contributed by atoms with Crippen LogP contribution in [0.1, 0.15) is 12.8 Å². The van der Waals surface area contributed by atoms with Crippen molar-refractivity contribution in [1.82, 2.24) is 0 Å². The van der Waals surface area contributed by atoms with Gasteiger partial charge in [-0.3, -0.25) is 4.79 Å². The van der Waals surface area contributed by atoms with Crippen LogP contribution < -0.4 is 15.8 Å². The van der Waals surface area contributed by atoms with Gasteiger partial charge in [0.25, 0.3) is 12.3 Å². The molecule has 0 bridgehead atoms. The first-order valence-electron chi connectivity index (χ1n) is 6.76. The molecule has 1 saturated heterocycles. The SMILES string of the molecule is Cl.NC[C@H]1CC[C@@H](C(=O)Nc2ccc(OCC(F)F)cc2)O1. The van der Waals surface area contributed by atoms with Gasteiger partial charge in [0, 0.05) is 12.2 Å². The fourth-order valence-electron chi connectivity index (χ4n) is 2.09. The molecule has 5 nitrogen and oxygen atoms in total. The summed E-state index contributed by atoms with van der Waals surface area (Å²) in [6.45, 7) is -0.248. The Balaban J connectivity index is 0.00000242. The van der Waals surface area contributed by atoms with Gasteiger partial charge in [-0.25, -0.2) is 8.78 Å². The first kappa shape index (κ1) is 18.6. The molecular formula is C14H19ClF2N2O3. The Morgan fingerprint density at radius 1 is 1.36 bits per heavy atom. The number of hydrogen-bond acceptors (Lipinski definition) is 4. The Morgan fingerprint density at radius 3 is 2.59 bits per heavy atom. The van der Waals surface area contributed by atoms with Crippen LogP contribution in [0, 0.1) is 0 Å². The summed E-state index contributed by atoms with van der Waals surface area (Å²) in [4.78, 5) is 12.0. The molecule has 1 heterocycles. The number of amides is 1. The molecular weight excluding hydrogens is 318 g/mol. The molecule has 0 aliphatic carbocycles. The maximum Gasteiger partial charge on any atom is 0.272 e. The molecule has 22 heavy (non-hydrogen) atoms. The number of benzene rings is 1. The molecule has 0 unspecified atom stereocenters. The predicted octanol–water partition coefficient (Wildman–Crippen LogP) is 2.20. The third-order valence-electron chi connectivity index (χ3n) is 3.16. The first-order valence-corrected chi connectivity index (χ1v) is 6.76. The average molecular weight is 337 g/mol. The summed E-state index contributed by atoms with van der Waals surface area (Å²) in [7, 11) is 0. The number of nitrogens with two attached hydrogens (primary N) is 1. The summed E-state index contributed by atoms with van der Waals surface area (Å²) in [5.41, 5.74) is 6.05. The first-order chi connectivity index (χ1) is 10.1. The largest absolute Gasteiger partial charge is 0.488 e. The smallest absolute Gasteiger partial charge is 0.272 e. The maximum atomic E-state index is 12.0. The lowest BCUT2D eigenvalue weighted by atomic mass is 10.2. The minimum Gasteiger partial charge on any atom is -0.488 e. The minimum atomic E-state index is -2.51. The van der Waals surface area contributed by atoms with E-state index in [1.54, 1.807) is 12.1 Å². The average Bonchev–Trinajstić information content (AvgIpc) is 2.95. The van der Waals surface area contributed by atoms with E-state index in [4.69, 9.17) is 15.2 Å². The fraction of sp³-hybridized carbons (Fsp3) is 0.500. The molecule has 0 radical (unpaired) electrons. The zero-order valence-corrected chi connectivity index (χ0v) is 12.7. The molecule has 1 aromatic rings. The summed E-state index contributed by atoms with van der Waals surface area (Å²) in [6, 6.07) is 6.23. The second-order valence-corrected chi connectivity index (χ2v) is 4.78. The molecule has 0 saturated carbocycles. The predicted molar refractivity (Wildman–Crippen MR) is 80.8 cm³/mol. The minimum absolute atomic E-state index is 0. The molecule has 1 amide bonds. The van der Waals surface area contributed by atoms with E-state index < -0.39 is 19.1 Å². The Morgan fingerprint density at radius 2 is 2.05 bits per heavy atom. The van der Waals surface area contributed by atoms with Crippen LogP contribution in [0.5, 0.6) is 5.75 Å². The van der Waals surface area contributed by atoms with E-state index in [-0.39, 0.29) is 24.4 Å². The molecule has 124 valence electrons. The number of ether oxygens (including phenoxy) is 2. The number of alkyl halides is 2. The highest BCUT2D eigenvalue weighted by Crippen LogP contribution is 2.21. The van der Waals surface area contributed by atoms with E-state index in [1.807, 2.05) is 0 Å². The number of nitrogens with one attached hydrogen (secondary N) is 1. The zero-order chi connectivity index (χ0) is 15.2. The van der Waals surface area contributed by atoms with Gasteiger partial charge in [0.15, 0.2) is 0 Å². The van der Waals surface area contributed by atoms with Crippen molar-refractivity contribution in [3.8, 4) is 5.75 Å². The Bertz CT molecular complexity index is 474. The van der Waals surface area contributed by atoms with E-state index in [0.717, 1.165) is 6.42 Å². The van der Waals surface area contributed by atoms with Crippen LogP contribution in [0.2, 0.25) is 0 Å². The normalized spacial score (nSPS) is 20.5. The van der Waals surface area contributed by atoms with Crippen LogP contribution in [0.25, 0.3) is 0 Å². The van der Waals surface area contributed by atoms with Gasteiger partial charge in [-0.1, -0.05) is 0 Å². The highest BCUT2D eigenvalue weighted by molar-refractivity contribution is 5.94. The number of anilines is 1. The molecule has 1 aromatic carbocycles. The monoisotopic (exact) mass is 336 g/mol. The van der Waals surface area contributed by atoms with Gasteiger partial charge in [-0.2, -0.15) is 0 Å². The quantitative estimate of drug-likeness (QED) is 0.835. The van der Waals surface area contributed by atoms with Crippen molar-refractivity contribution < 1.29 is 23.0 Å². The Labute approximate surface area is 133 Å². The van der Waals surface area contributed by atoms with Gasteiger partial charge < -0.3 is 20.5 Å². The second-order valence-electron chi connectivity index (χ2n) is 4.78. The Hall–Kier alpha value is -1.44. The highest BCUT2D eigenvalue weighted by atomic mass is 35.5. The zero-order valence-electron chi connectivity index (χ0n) is 11.8. The topological polar surface area (TPSA) is 73.6 Å². The molecule has 2 atom stereocenters. The van der Waals surface area contributed by atoms with E-state index in [2.05, 4.69) is 5.32 Å². The second kappa shape index (κ2) is 8.87. The van der Waals surface area contributed by atoms with Crippen molar-refractivity contribution in [1.29, 1.82) is 0 Å². The summed E-state index contributed by atoms with van der Waals surface area (Å²) in [5.74, 6) is 0.0980. The van der Waals surface area contributed by atoms with Crippen LogP contribution in [0.15, 0.2) is 24.3 Å². The van der Waals surface area contributed by atoms with Crippen molar-refractivity contribution in [2.45, 2.75) is 31.5 Å². The van der Waals surface area contributed by atoms with Gasteiger partial charge in [-0.15, -0.1) is 12.4 Å². The van der Waals surface area contributed by atoms with Crippen molar-refractivity contribution >= 4 is 24.0 Å². The number of carbonyl (C=O) groups excluding carboxylic acids is 1. The number of carbonyl (C=O) groups is 1. The van der Waals surface area contributed by atoms with Gasteiger partial charge in [-0.05, 0) is 37.1 Å². The van der Waals surface area contributed by atoms with Gasteiger partial charge in [0.1, 0.15) is 18.5 Å². The van der Waals surface area contributed by atoms with E-state index in [9.17, 15) is 13.6 Å². The fourth-order valence-corrected chi connectivity index (χ4v) is 2.09. The summed E-state index contributed by atoms with van der Waals surface area (Å²) in [6.07, 6.45) is -1.66. The van der Waals surface area contributed by atoms with Crippen LogP contribution >= 0.6 is 12.4 Å². The summed E-state index contributed by atoms with van der Waals surface area (Å²) < 4.78 is 34.3. The lowest BCUT2D eigenvalue weighted by Gasteiger charge is -2.13. The standard InChI is InChI=1S/C14H18F2N2O3.ClH/c15-13(16)8-20-10-3-1-9(2-4-10)18-14(19)12-6-5-11(7-17)21-12;/h1-4,11-13H,5-8,17H2,(H,18,19);1H/t11-,12+;/m1./s1. The van der Waals surface area contributed by atoms with Crippen LogP contribution in [-0.4, -0.2) is 37.7 Å². The van der Waals surface area contributed by atoms with Crippen LogP contribution in [0.4, 0.5) is 14.5 Å². The molecule has 8 heteroatoms. The molecule has 1 aliphatic heterocycles. The lowest BCUT2D eigenvalue weighted by molar-refractivity contribution is -0.126. The van der Waals surface area contributed by atoms with Crippen molar-refractivity contribution in [2.24, 2.45) is 5.73 Å². The van der Waals surface area contributed by atoms with Crippen LogP contribution in [0.3, 0.4) is 0 Å². The van der Waals surface area contributed by atoms with Gasteiger partial charge in [0.2, 0.25) is 0 Å². The Kier molecular flexibility index (Phi) is 7.50. The summed E-state index contributed by atoms with van der Waals surface area (Å²) >= 11 is 0. The van der Waals surface area contributed by atoms with E-state index in [0.29, 0.717) is 24.4 Å². The summed E-state index contributed by atoms with van der Waals surface area (Å²) in [5, 5.41) is 2.71. The van der Waals surface area contributed by atoms with Crippen molar-refractivity contribution in [3.63, 3.8) is 0 Å². The molecule has 0 aromatic heterocycles. The molecule has 3 N–H and O–H groups in total. The number of rotatable bonds is 6.